The van der Waals surface area contributed by atoms with E-state index in [2.05, 4.69) is 4.99 Å². The molecule has 20 heavy (non-hydrogen) atoms. The number of hydrogen-bond acceptors (Lipinski definition) is 4. The number of nitrogens with zero attached hydrogens (tertiary/aromatic N) is 2. The van der Waals surface area contributed by atoms with Gasteiger partial charge in [0.25, 0.3) is 5.69 Å². The van der Waals surface area contributed by atoms with Crippen LogP contribution in [0.1, 0.15) is 5.56 Å². The number of hydrogen-bond donors (Lipinski definition) is 1. The fourth-order valence-electron chi connectivity index (χ4n) is 1.53. The average molecular weight is 286 g/mol. The summed E-state index contributed by atoms with van der Waals surface area (Å²) in [7, 11) is 5.61. The second-order valence-electron chi connectivity index (χ2n) is 3.97. The third kappa shape index (κ3) is 3.16. The summed E-state index contributed by atoms with van der Waals surface area (Å²) in [5, 5.41) is 20.4. The van der Waals surface area contributed by atoms with Crippen molar-refractivity contribution in [1.82, 2.24) is 0 Å². The lowest BCUT2D eigenvalue weighted by Gasteiger charge is -2.01. The molecule has 0 saturated heterocycles. The minimum atomic E-state index is -0.539. The Morgan fingerprint density at radius 2 is 2.05 bits per heavy atom. The van der Waals surface area contributed by atoms with Gasteiger partial charge in [0, 0.05) is 23.9 Å². The monoisotopic (exact) mass is 286 g/mol. The molecular formula is C13H8BClN2O3. The highest BCUT2D eigenvalue weighted by Crippen LogP contribution is 2.29. The first-order chi connectivity index (χ1) is 9.47. The number of nitro groups is 1. The molecule has 7 heteroatoms. The van der Waals surface area contributed by atoms with Crippen molar-refractivity contribution in [2.45, 2.75) is 0 Å². The summed E-state index contributed by atoms with van der Waals surface area (Å²) >= 11 is 5.91. The van der Waals surface area contributed by atoms with Gasteiger partial charge in [0.1, 0.15) is 13.6 Å². The molecule has 2 rings (SSSR count). The van der Waals surface area contributed by atoms with Crippen molar-refractivity contribution in [3.05, 3.63) is 57.1 Å². The maximum atomic E-state index is 10.6. The lowest BCUT2D eigenvalue weighted by atomic mass is 9.94. The number of phenols is 1. The summed E-state index contributed by atoms with van der Waals surface area (Å²) in [5.74, 6) is 0.0287. The molecule has 1 N–H and O–H groups in total. The Morgan fingerprint density at radius 1 is 1.30 bits per heavy atom. The van der Waals surface area contributed by atoms with Crippen molar-refractivity contribution in [2.24, 2.45) is 4.99 Å². The third-order valence-corrected chi connectivity index (χ3v) is 2.84. The minimum Gasteiger partial charge on any atom is -0.507 e. The van der Waals surface area contributed by atoms with E-state index in [1.807, 2.05) is 0 Å². The summed E-state index contributed by atoms with van der Waals surface area (Å²) in [4.78, 5) is 14.1. The molecule has 2 aromatic rings. The van der Waals surface area contributed by atoms with Crippen LogP contribution in [0.3, 0.4) is 0 Å². The smallest absolute Gasteiger partial charge is 0.271 e. The summed E-state index contributed by atoms with van der Waals surface area (Å²) in [6, 6.07) is 8.52. The number of nitro benzene ring substituents is 1. The largest absolute Gasteiger partial charge is 0.507 e. The van der Waals surface area contributed by atoms with Crippen LogP contribution in [0.4, 0.5) is 11.4 Å². The molecule has 5 nitrogen and oxygen atoms in total. The van der Waals surface area contributed by atoms with Gasteiger partial charge in [-0.3, -0.25) is 15.1 Å². The van der Waals surface area contributed by atoms with Crippen molar-refractivity contribution in [1.29, 1.82) is 0 Å². The van der Waals surface area contributed by atoms with Gasteiger partial charge in [-0.1, -0.05) is 29.2 Å². The molecule has 0 atom stereocenters. The van der Waals surface area contributed by atoms with E-state index in [0.717, 1.165) is 0 Å². The lowest BCUT2D eigenvalue weighted by Crippen LogP contribution is -2.02. The minimum absolute atomic E-state index is 0.0287. The molecule has 98 valence electrons. The van der Waals surface area contributed by atoms with Crippen LogP contribution in [0.5, 0.6) is 5.75 Å². The van der Waals surface area contributed by atoms with Crippen LogP contribution >= 0.6 is 11.6 Å². The van der Waals surface area contributed by atoms with E-state index in [4.69, 9.17) is 19.4 Å². The molecule has 0 spiro atoms. The second-order valence-corrected chi connectivity index (χ2v) is 4.38. The Kier molecular flexibility index (Phi) is 4.05. The quantitative estimate of drug-likeness (QED) is 0.407. The van der Waals surface area contributed by atoms with E-state index in [0.29, 0.717) is 16.7 Å². The molecule has 2 aromatic carbocycles. The maximum Gasteiger partial charge on any atom is 0.271 e. The highest BCUT2D eigenvalue weighted by Gasteiger charge is 2.08. The van der Waals surface area contributed by atoms with E-state index in [9.17, 15) is 15.2 Å². The van der Waals surface area contributed by atoms with Crippen LogP contribution in [0.2, 0.25) is 5.02 Å². The van der Waals surface area contributed by atoms with Gasteiger partial charge >= 0.3 is 0 Å². The van der Waals surface area contributed by atoms with Crippen LogP contribution in [0.15, 0.2) is 41.4 Å². The van der Waals surface area contributed by atoms with E-state index in [1.54, 1.807) is 12.1 Å². The topological polar surface area (TPSA) is 75.7 Å². The van der Waals surface area contributed by atoms with E-state index in [1.165, 1.54) is 30.5 Å². The van der Waals surface area contributed by atoms with Gasteiger partial charge in [-0.15, -0.1) is 0 Å². The molecular weight excluding hydrogens is 278 g/mol. The zero-order chi connectivity index (χ0) is 14.7. The van der Waals surface area contributed by atoms with Crippen molar-refractivity contribution in [2.75, 3.05) is 0 Å². The average Bonchev–Trinajstić information content (AvgIpc) is 2.40. The molecule has 0 aliphatic carbocycles. The van der Waals surface area contributed by atoms with Crippen molar-refractivity contribution in [3.8, 4) is 5.75 Å². The number of non-ortho nitro benzene ring substituents is 1. The second kappa shape index (κ2) is 5.75. The summed E-state index contributed by atoms with van der Waals surface area (Å²) in [6.07, 6.45) is 1.39. The van der Waals surface area contributed by atoms with Crippen molar-refractivity contribution >= 4 is 42.5 Å². The highest BCUT2D eigenvalue weighted by molar-refractivity contribution is 6.33. The Bertz CT molecular complexity index is 704. The normalized spacial score (nSPS) is 10.8. The maximum absolute atomic E-state index is 10.6. The number of rotatable bonds is 3. The molecule has 0 aliphatic rings. The molecule has 0 bridgehead atoms. The summed E-state index contributed by atoms with van der Waals surface area (Å²) in [6.45, 7) is 0. The molecule has 0 aliphatic heterocycles. The number of benzene rings is 2. The zero-order valence-corrected chi connectivity index (χ0v) is 10.9. The molecule has 0 heterocycles. The first-order valence-corrected chi connectivity index (χ1v) is 5.91. The predicted molar refractivity (Wildman–Crippen MR) is 78.9 cm³/mol. The van der Waals surface area contributed by atoms with Gasteiger partial charge in [-0.05, 0) is 12.1 Å². The summed E-state index contributed by atoms with van der Waals surface area (Å²) in [5.41, 5.74) is 1.17. The van der Waals surface area contributed by atoms with Crippen LogP contribution in [0, 0.1) is 10.1 Å². The van der Waals surface area contributed by atoms with Crippen LogP contribution in [-0.4, -0.2) is 24.1 Å². The number of aliphatic imine (C=N–C) groups is 1. The molecule has 0 fully saturated rings. The predicted octanol–water partition coefficient (Wildman–Crippen LogP) is 2.50. The van der Waals surface area contributed by atoms with Gasteiger partial charge in [-0.2, -0.15) is 0 Å². The Balaban J connectivity index is 2.32. The Morgan fingerprint density at radius 3 is 2.70 bits per heavy atom. The van der Waals surface area contributed by atoms with Gasteiger partial charge in [0.15, 0.2) is 0 Å². The molecule has 2 radical (unpaired) electrons. The molecule has 0 saturated carbocycles. The molecule has 0 aromatic heterocycles. The first-order valence-electron chi connectivity index (χ1n) is 5.54. The van der Waals surface area contributed by atoms with Gasteiger partial charge < -0.3 is 5.11 Å². The van der Waals surface area contributed by atoms with Crippen LogP contribution in [-0.2, 0) is 0 Å². The van der Waals surface area contributed by atoms with Crippen LogP contribution in [0.25, 0.3) is 0 Å². The summed E-state index contributed by atoms with van der Waals surface area (Å²) < 4.78 is 0. The van der Waals surface area contributed by atoms with E-state index < -0.39 is 4.92 Å². The fourth-order valence-corrected chi connectivity index (χ4v) is 1.75. The van der Waals surface area contributed by atoms with Gasteiger partial charge in [0.2, 0.25) is 0 Å². The van der Waals surface area contributed by atoms with Gasteiger partial charge in [-0.25, -0.2) is 0 Å². The number of aromatic hydroxyl groups is 1. The lowest BCUT2D eigenvalue weighted by molar-refractivity contribution is -0.384. The Hall–Kier alpha value is -2.34. The zero-order valence-electron chi connectivity index (χ0n) is 10.2. The van der Waals surface area contributed by atoms with Crippen molar-refractivity contribution in [3.63, 3.8) is 0 Å². The van der Waals surface area contributed by atoms with Crippen molar-refractivity contribution < 1.29 is 10.0 Å². The highest BCUT2D eigenvalue weighted by atomic mass is 35.5. The number of phenolic OH excluding ortho intramolecular Hbond substituents is 1. The SMILES string of the molecule is [B]c1ccc(O)c(C=Nc2ccc([N+](=O)[O-])cc2Cl)c1. The van der Waals surface area contributed by atoms with Gasteiger partial charge in [0.05, 0.1) is 15.6 Å². The Labute approximate surface area is 121 Å². The number of halogens is 1. The fraction of sp³-hybridized carbons (Fsp3) is 0. The van der Waals surface area contributed by atoms with E-state index in [-0.39, 0.29) is 16.5 Å². The van der Waals surface area contributed by atoms with Crippen LogP contribution < -0.4 is 5.46 Å². The van der Waals surface area contributed by atoms with E-state index >= 15 is 0 Å². The molecule has 0 unspecified atom stereocenters. The first kappa shape index (κ1) is 14.1. The molecule has 0 amide bonds. The standard InChI is InChI=1S/C13H8BClN2O3/c14-9-1-4-13(18)8(5-9)7-16-12-3-2-10(17(19)20)6-11(12)15/h1-7,18H. The third-order valence-electron chi connectivity index (χ3n) is 2.54.